The van der Waals surface area contributed by atoms with E-state index < -0.39 is 6.10 Å². The Bertz CT molecular complexity index is 323. The number of hydrogen-bond donors (Lipinski definition) is 1. The molecule has 4 heteroatoms. The van der Waals surface area contributed by atoms with Crippen molar-refractivity contribution in [2.24, 2.45) is 0 Å². The minimum atomic E-state index is -0.581. The van der Waals surface area contributed by atoms with Crippen molar-refractivity contribution in [3.8, 4) is 12.3 Å². The number of hydrogen-bond acceptors (Lipinski definition) is 1. The normalized spacial score (nSPS) is 18.3. The molecule has 0 aromatic carbocycles. The highest BCUT2D eigenvalue weighted by Gasteiger charge is 2.14. The number of rotatable bonds is 9. The Morgan fingerprint density at radius 3 is 2.26 bits per heavy atom. The molecule has 0 bridgehead atoms. The maximum absolute atomic E-state index is 9.76. The van der Waals surface area contributed by atoms with Gasteiger partial charge in [0.1, 0.15) is 0 Å². The van der Waals surface area contributed by atoms with Crippen molar-refractivity contribution >= 4 is 39.1 Å². The topological polar surface area (TPSA) is 20.2 Å². The van der Waals surface area contributed by atoms with Crippen molar-refractivity contribution in [3.63, 3.8) is 0 Å². The molecule has 0 unspecified atom stereocenters. The lowest BCUT2D eigenvalue weighted by molar-refractivity contribution is 0.172. The van der Waals surface area contributed by atoms with E-state index in [9.17, 15) is 5.11 Å². The molecule has 1 nitrogen and oxygen atoms in total. The lowest BCUT2D eigenvalue weighted by Crippen LogP contribution is -2.19. The van der Waals surface area contributed by atoms with E-state index in [-0.39, 0.29) is 10.8 Å². The average molecular weight is 368 g/mol. The Balaban J connectivity index is 3.92. The van der Waals surface area contributed by atoms with E-state index in [0.29, 0.717) is 17.7 Å². The molecule has 0 saturated carbocycles. The fraction of sp³-hybridized carbons (Fsp3) is 0.600. The minimum Gasteiger partial charge on any atom is -0.391 e. The molecule has 0 aliphatic rings. The van der Waals surface area contributed by atoms with Gasteiger partial charge in [-0.3, -0.25) is 0 Å². The smallest absolute Gasteiger partial charge is 0.0741 e. The number of halogens is 3. The van der Waals surface area contributed by atoms with E-state index in [1.807, 2.05) is 12.2 Å². The summed E-state index contributed by atoms with van der Waals surface area (Å²) in [6, 6.07) is 0. The lowest BCUT2D eigenvalue weighted by atomic mass is 10.1. The quantitative estimate of drug-likeness (QED) is 0.357. The fourth-order valence-corrected chi connectivity index (χ4v) is 2.14. The van der Waals surface area contributed by atoms with Gasteiger partial charge < -0.3 is 5.11 Å². The highest BCUT2D eigenvalue weighted by atomic mass is 79.9. The third kappa shape index (κ3) is 9.57. The molecule has 19 heavy (non-hydrogen) atoms. The van der Waals surface area contributed by atoms with Gasteiger partial charge in [-0.25, -0.2) is 0 Å². The van der Waals surface area contributed by atoms with Crippen LogP contribution in [0.2, 0.25) is 0 Å². The number of allylic oxidation sites excluding steroid dienone is 3. The zero-order valence-corrected chi connectivity index (χ0v) is 14.2. The monoisotopic (exact) mass is 366 g/mol. The Morgan fingerprint density at radius 2 is 1.74 bits per heavy atom. The van der Waals surface area contributed by atoms with Gasteiger partial charge in [-0.1, -0.05) is 47.0 Å². The van der Waals surface area contributed by atoms with E-state index in [0.717, 1.165) is 12.8 Å². The van der Waals surface area contributed by atoms with E-state index in [2.05, 4.69) is 28.8 Å². The Morgan fingerprint density at radius 1 is 1.16 bits per heavy atom. The van der Waals surface area contributed by atoms with Crippen molar-refractivity contribution in [1.82, 2.24) is 0 Å². The molecule has 0 amide bonds. The molecule has 0 spiro atoms. The molecule has 0 rings (SSSR count). The number of aliphatic hydroxyl groups is 1. The van der Waals surface area contributed by atoms with Crippen LogP contribution in [0.3, 0.4) is 0 Å². The summed E-state index contributed by atoms with van der Waals surface area (Å²) in [5.41, 5.74) is 0. The second-order valence-corrected chi connectivity index (χ2v) is 6.57. The highest BCUT2D eigenvalue weighted by molar-refractivity contribution is 9.09. The van der Waals surface area contributed by atoms with Crippen molar-refractivity contribution in [3.05, 3.63) is 24.3 Å². The molecule has 0 aromatic rings. The number of terminal acetylenes is 1. The summed E-state index contributed by atoms with van der Waals surface area (Å²) in [5, 5.41) is 9.53. The van der Waals surface area contributed by atoms with Gasteiger partial charge in [-0.05, 0) is 31.8 Å². The van der Waals surface area contributed by atoms with Gasteiger partial charge >= 0.3 is 0 Å². The second kappa shape index (κ2) is 11.9. The second-order valence-electron chi connectivity index (χ2n) is 4.27. The van der Waals surface area contributed by atoms with Crippen molar-refractivity contribution in [2.75, 3.05) is 0 Å². The predicted octanol–water partition coefficient (Wildman–Crippen LogP) is 4.65. The van der Waals surface area contributed by atoms with Crippen LogP contribution in [0.4, 0.5) is 0 Å². The van der Waals surface area contributed by atoms with Crippen LogP contribution in [0.1, 0.15) is 32.6 Å². The van der Waals surface area contributed by atoms with Gasteiger partial charge in [0.2, 0.25) is 0 Å². The summed E-state index contributed by atoms with van der Waals surface area (Å²) in [5.74, 6) is 2.37. The Hall–Kier alpha value is 0.0600. The SMILES string of the molecule is C#C/C=C/C[C@@H](O)[C@H](Cl)C/C=C\C[C@@H](Cl)[C@H](Br)CC. The van der Waals surface area contributed by atoms with Crippen LogP contribution in [0.25, 0.3) is 0 Å². The van der Waals surface area contributed by atoms with Crippen LogP contribution in [0.5, 0.6) is 0 Å². The molecule has 0 fully saturated rings. The zero-order valence-electron chi connectivity index (χ0n) is 11.1. The van der Waals surface area contributed by atoms with Crippen molar-refractivity contribution in [2.45, 2.75) is 54.3 Å². The van der Waals surface area contributed by atoms with Crippen LogP contribution >= 0.6 is 39.1 Å². The maximum Gasteiger partial charge on any atom is 0.0741 e. The van der Waals surface area contributed by atoms with E-state index in [1.165, 1.54) is 0 Å². The molecular formula is C15H21BrCl2O. The molecule has 0 aliphatic heterocycles. The van der Waals surface area contributed by atoms with E-state index in [1.54, 1.807) is 12.2 Å². The van der Waals surface area contributed by atoms with Gasteiger partial charge in [-0.2, -0.15) is 0 Å². The standard InChI is InChI=1S/C15H21BrCl2O/c1-3-5-6-11-15(19)14(18)10-8-7-9-13(17)12(16)4-2/h1,5-8,12-15,19H,4,9-11H2,2H3/b6-5+,8-7-/t12-,13-,14-,15-/m1/s1. The third-order valence-electron chi connectivity index (χ3n) is 2.68. The van der Waals surface area contributed by atoms with Gasteiger partial charge in [0.05, 0.1) is 11.5 Å². The first-order chi connectivity index (χ1) is 9.02. The summed E-state index contributed by atoms with van der Waals surface area (Å²) >= 11 is 15.8. The highest BCUT2D eigenvalue weighted by Crippen LogP contribution is 2.19. The van der Waals surface area contributed by atoms with Gasteiger partial charge in [0.15, 0.2) is 0 Å². The maximum atomic E-state index is 9.76. The van der Waals surface area contributed by atoms with Crippen LogP contribution in [0, 0.1) is 12.3 Å². The molecule has 0 saturated heterocycles. The predicted molar refractivity (Wildman–Crippen MR) is 89.3 cm³/mol. The van der Waals surface area contributed by atoms with Gasteiger partial charge in [0.25, 0.3) is 0 Å². The summed E-state index contributed by atoms with van der Waals surface area (Å²) in [6.07, 6.45) is 14.7. The molecule has 108 valence electrons. The zero-order chi connectivity index (χ0) is 14.7. The third-order valence-corrected chi connectivity index (χ3v) is 5.22. The van der Waals surface area contributed by atoms with Crippen LogP contribution in [-0.2, 0) is 0 Å². The van der Waals surface area contributed by atoms with Crippen LogP contribution in [-0.4, -0.2) is 26.8 Å². The van der Waals surface area contributed by atoms with Gasteiger partial charge in [-0.15, -0.1) is 29.6 Å². The molecular weight excluding hydrogens is 347 g/mol. The lowest BCUT2D eigenvalue weighted by Gasteiger charge is -2.14. The Labute approximate surface area is 135 Å². The molecule has 1 N–H and O–H groups in total. The van der Waals surface area contributed by atoms with Crippen molar-refractivity contribution < 1.29 is 5.11 Å². The van der Waals surface area contributed by atoms with E-state index in [4.69, 9.17) is 29.6 Å². The van der Waals surface area contributed by atoms with Crippen LogP contribution in [0.15, 0.2) is 24.3 Å². The van der Waals surface area contributed by atoms with Crippen LogP contribution < -0.4 is 0 Å². The summed E-state index contributed by atoms with van der Waals surface area (Å²) in [7, 11) is 0. The molecule has 4 atom stereocenters. The number of aliphatic hydroxyl groups excluding tert-OH is 1. The summed E-state index contributed by atoms with van der Waals surface area (Å²) in [4.78, 5) is 0.324. The first kappa shape index (κ1) is 19.1. The Kier molecular flexibility index (Phi) is 11.9. The fourth-order valence-electron chi connectivity index (χ4n) is 1.44. The molecule has 0 radical (unpaired) electrons. The summed E-state index contributed by atoms with van der Waals surface area (Å²) < 4.78 is 0. The minimum absolute atomic E-state index is 0.0820. The summed E-state index contributed by atoms with van der Waals surface area (Å²) in [6.45, 7) is 2.09. The number of alkyl halides is 3. The largest absolute Gasteiger partial charge is 0.391 e. The molecule has 0 aromatic heterocycles. The first-order valence-electron chi connectivity index (χ1n) is 6.39. The van der Waals surface area contributed by atoms with Crippen molar-refractivity contribution in [1.29, 1.82) is 0 Å². The first-order valence-corrected chi connectivity index (χ1v) is 8.18. The molecule has 0 aliphatic carbocycles. The molecule has 0 heterocycles. The average Bonchev–Trinajstić information content (AvgIpc) is 2.42. The van der Waals surface area contributed by atoms with Gasteiger partial charge in [0, 0.05) is 10.2 Å². The van der Waals surface area contributed by atoms with E-state index >= 15 is 0 Å².